The maximum Gasteiger partial charge on any atom is 0.488 e. The first-order valence-electron chi connectivity index (χ1n) is 13.4. The molecule has 0 spiro atoms. The van der Waals surface area contributed by atoms with Crippen molar-refractivity contribution in [2.75, 3.05) is 0 Å². The van der Waals surface area contributed by atoms with E-state index in [1.54, 1.807) is 12.1 Å². The Morgan fingerprint density at radius 2 is 0.732 bits per heavy atom. The van der Waals surface area contributed by atoms with E-state index in [9.17, 15) is 10.0 Å². The molecule has 0 amide bonds. The minimum absolute atomic E-state index is 0.456. The molecule has 0 radical (unpaired) electrons. The monoisotopic (exact) mass is 529 g/mol. The molecule has 194 valence electrons. The van der Waals surface area contributed by atoms with Gasteiger partial charge in [0.15, 0.2) is 17.5 Å². The number of aromatic nitrogens is 3. The van der Waals surface area contributed by atoms with Crippen molar-refractivity contribution in [2.45, 2.75) is 0 Å². The van der Waals surface area contributed by atoms with Crippen LogP contribution in [0.5, 0.6) is 0 Å². The van der Waals surface area contributed by atoms with E-state index in [0.29, 0.717) is 22.9 Å². The number of nitrogens with zero attached hydrogens (tertiary/aromatic N) is 3. The van der Waals surface area contributed by atoms with Gasteiger partial charge in [-0.1, -0.05) is 121 Å². The van der Waals surface area contributed by atoms with Crippen molar-refractivity contribution in [3.63, 3.8) is 0 Å². The molecule has 1 aromatic heterocycles. The van der Waals surface area contributed by atoms with Crippen LogP contribution >= 0.6 is 0 Å². The molecule has 0 saturated carbocycles. The van der Waals surface area contributed by atoms with Crippen molar-refractivity contribution >= 4 is 34.1 Å². The Labute approximate surface area is 237 Å². The second-order valence-electron chi connectivity index (χ2n) is 10.0. The summed E-state index contributed by atoms with van der Waals surface area (Å²) < 4.78 is 0. The second-order valence-corrected chi connectivity index (χ2v) is 10.0. The maximum atomic E-state index is 9.40. The topological polar surface area (TPSA) is 79.1 Å². The predicted octanol–water partition coefficient (Wildman–Crippen LogP) is 6.53. The Morgan fingerprint density at radius 1 is 0.366 bits per heavy atom. The molecule has 7 aromatic rings. The molecule has 7 rings (SSSR count). The lowest BCUT2D eigenvalue weighted by Gasteiger charge is -2.10. The zero-order chi connectivity index (χ0) is 27.8. The van der Waals surface area contributed by atoms with Crippen LogP contribution in [0.3, 0.4) is 0 Å². The van der Waals surface area contributed by atoms with Crippen LogP contribution in [-0.4, -0.2) is 32.1 Å². The van der Waals surface area contributed by atoms with Crippen molar-refractivity contribution in [1.82, 2.24) is 15.0 Å². The van der Waals surface area contributed by atoms with Crippen LogP contribution in [-0.2, 0) is 0 Å². The third-order valence-electron chi connectivity index (χ3n) is 7.34. The molecule has 0 unspecified atom stereocenters. The molecule has 2 N–H and O–H groups in total. The number of hydrogen-bond donors (Lipinski definition) is 2. The van der Waals surface area contributed by atoms with Crippen LogP contribution in [0.4, 0.5) is 0 Å². The number of hydrogen-bond acceptors (Lipinski definition) is 5. The quantitative estimate of drug-likeness (QED) is 0.248. The standard InChI is InChI=1S/C35H24BN3O2/c40-36(41)32-19-17-26(18-20-32)25-9-13-27(14-10-25)33-37-34(30-15-11-23-5-1-3-7-28(23)21-30)39-35(38-33)31-16-12-24-6-2-4-8-29(24)22-31/h1-22,40-41H. The van der Waals surface area contributed by atoms with Crippen LogP contribution in [0, 0.1) is 0 Å². The molecule has 6 aromatic carbocycles. The summed E-state index contributed by atoms with van der Waals surface area (Å²) >= 11 is 0. The summed E-state index contributed by atoms with van der Waals surface area (Å²) in [5.41, 5.74) is 5.17. The molecule has 0 aliphatic heterocycles. The van der Waals surface area contributed by atoms with E-state index < -0.39 is 7.12 Å². The van der Waals surface area contributed by atoms with Crippen molar-refractivity contribution in [3.05, 3.63) is 133 Å². The molecule has 0 fully saturated rings. The lowest BCUT2D eigenvalue weighted by atomic mass is 9.80. The van der Waals surface area contributed by atoms with Crippen molar-refractivity contribution in [1.29, 1.82) is 0 Å². The highest BCUT2D eigenvalue weighted by Gasteiger charge is 2.14. The van der Waals surface area contributed by atoms with Crippen LogP contribution in [0.25, 0.3) is 66.8 Å². The fraction of sp³-hybridized carbons (Fsp3) is 0. The van der Waals surface area contributed by atoms with Gasteiger partial charge >= 0.3 is 7.12 Å². The van der Waals surface area contributed by atoms with E-state index in [-0.39, 0.29) is 0 Å². The molecule has 0 atom stereocenters. The Bertz CT molecular complexity index is 1930. The van der Waals surface area contributed by atoms with Crippen LogP contribution in [0.2, 0.25) is 0 Å². The number of fused-ring (bicyclic) bond motifs is 2. The number of benzene rings is 6. The van der Waals surface area contributed by atoms with E-state index >= 15 is 0 Å². The molecular weight excluding hydrogens is 505 g/mol. The average Bonchev–Trinajstić information content (AvgIpc) is 3.04. The lowest BCUT2D eigenvalue weighted by molar-refractivity contribution is 0.426. The molecule has 41 heavy (non-hydrogen) atoms. The van der Waals surface area contributed by atoms with E-state index in [4.69, 9.17) is 15.0 Å². The van der Waals surface area contributed by atoms with Gasteiger partial charge in [-0.25, -0.2) is 15.0 Å². The van der Waals surface area contributed by atoms with Gasteiger partial charge in [0.1, 0.15) is 0 Å². The third-order valence-corrected chi connectivity index (χ3v) is 7.34. The van der Waals surface area contributed by atoms with Crippen LogP contribution in [0.15, 0.2) is 133 Å². The molecule has 0 aliphatic rings. The summed E-state index contributed by atoms with van der Waals surface area (Å²) in [6.07, 6.45) is 0. The fourth-order valence-corrected chi connectivity index (χ4v) is 5.08. The summed E-state index contributed by atoms with van der Waals surface area (Å²) in [6.45, 7) is 0. The third kappa shape index (κ3) is 4.98. The Hall–Kier alpha value is -5.17. The largest absolute Gasteiger partial charge is 0.488 e. The maximum absolute atomic E-state index is 9.40. The molecular formula is C35H24BN3O2. The average molecular weight is 529 g/mol. The summed E-state index contributed by atoms with van der Waals surface area (Å²) in [6, 6.07) is 44.3. The van der Waals surface area contributed by atoms with E-state index in [0.717, 1.165) is 49.4 Å². The minimum Gasteiger partial charge on any atom is -0.423 e. The van der Waals surface area contributed by atoms with Gasteiger partial charge in [0.05, 0.1) is 0 Å². The predicted molar refractivity (Wildman–Crippen MR) is 166 cm³/mol. The van der Waals surface area contributed by atoms with E-state index in [1.807, 2.05) is 60.7 Å². The van der Waals surface area contributed by atoms with Gasteiger partial charge in [0, 0.05) is 16.7 Å². The SMILES string of the molecule is OB(O)c1ccc(-c2ccc(-c3nc(-c4ccc5ccccc5c4)nc(-c4ccc5ccccc5c4)n3)cc2)cc1. The Kier molecular flexibility index (Phi) is 6.32. The van der Waals surface area contributed by atoms with Crippen molar-refractivity contribution in [3.8, 4) is 45.3 Å². The highest BCUT2D eigenvalue weighted by atomic mass is 16.4. The number of rotatable bonds is 5. The highest BCUT2D eigenvalue weighted by Crippen LogP contribution is 2.29. The van der Waals surface area contributed by atoms with Gasteiger partial charge in [-0.2, -0.15) is 0 Å². The van der Waals surface area contributed by atoms with E-state index in [2.05, 4.69) is 60.7 Å². The Balaban J connectivity index is 1.33. The minimum atomic E-state index is -1.48. The Morgan fingerprint density at radius 3 is 1.20 bits per heavy atom. The molecule has 0 aliphatic carbocycles. The van der Waals surface area contributed by atoms with Crippen LogP contribution < -0.4 is 5.46 Å². The lowest BCUT2D eigenvalue weighted by Crippen LogP contribution is -2.29. The second kappa shape index (κ2) is 10.4. The van der Waals surface area contributed by atoms with Gasteiger partial charge in [0.2, 0.25) is 0 Å². The molecule has 5 nitrogen and oxygen atoms in total. The summed E-state index contributed by atoms with van der Waals surface area (Å²) in [7, 11) is -1.48. The van der Waals surface area contributed by atoms with Gasteiger partial charge in [-0.05, 0) is 50.3 Å². The van der Waals surface area contributed by atoms with Crippen molar-refractivity contribution < 1.29 is 10.0 Å². The van der Waals surface area contributed by atoms with Gasteiger partial charge in [-0.15, -0.1) is 0 Å². The first-order chi connectivity index (χ1) is 20.1. The summed E-state index contributed by atoms with van der Waals surface area (Å²) in [4.78, 5) is 14.8. The van der Waals surface area contributed by atoms with E-state index in [1.165, 1.54) is 0 Å². The van der Waals surface area contributed by atoms with Gasteiger partial charge in [0.25, 0.3) is 0 Å². The van der Waals surface area contributed by atoms with Crippen molar-refractivity contribution in [2.24, 2.45) is 0 Å². The summed E-state index contributed by atoms with van der Waals surface area (Å²) in [5.74, 6) is 1.83. The fourth-order valence-electron chi connectivity index (χ4n) is 5.08. The molecule has 1 heterocycles. The smallest absolute Gasteiger partial charge is 0.423 e. The molecule has 6 heteroatoms. The molecule has 0 saturated heterocycles. The van der Waals surface area contributed by atoms with Gasteiger partial charge < -0.3 is 10.0 Å². The van der Waals surface area contributed by atoms with Gasteiger partial charge in [-0.3, -0.25) is 0 Å². The first kappa shape index (κ1) is 24.8. The zero-order valence-electron chi connectivity index (χ0n) is 22.0. The highest BCUT2D eigenvalue weighted by molar-refractivity contribution is 6.58. The first-order valence-corrected chi connectivity index (χ1v) is 13.4. The van der Waals surface area contributed by atoms with Crippen LogP contribution in [0.1, 0.15) is 0 Å². The molecule has 0 bridgehead atoms. The summed E-state index contributed by atoms with van der Waals surface area (Å²) in [5, 5.41) is 23.4. The zero-order valence-corrected chi connectivity index (χ0v) is 22.0. The normalized spacial score (nSPS) is 11.2.